The summed E-state index contributed by atoms with van der Waals surface area (Å²) in [5.41, 5.74) is 1.40. The first-order valence-corrected chi connectivity index (χ1v) is 6.29. The summed E-state index contributed by atoms with van der Waals surface area (Å²) in [4.78, 5) is 0. The van der Waals surface area contributed by atoms with Gasteiger partial charge in [-0.1, -0.05) is 26.0 Å². The van der Waals surface area contributed by atoms with E-state index in [2.05, 4.69) is 26.0 Å². The lowest BCUT2D eigenvalue weighted by Gasteiger charge is -2.19. The fourth-order valence-corrected chi connectivity index (χ4v) is 2.69. The summed E-state index contributed by atoms with van der Waals surface area (Å²) in [5, 5.41) is 9.63. The van der Waals surface area contributed by atoms with Gasteiger partial charge in [0, 0.05) is 5.41 Å². The number of hydrogen-bond donors (Lipinski definition) is 1. The third kappa shape index (κ3) is 2.06. The monoisotopic (exact) mass is 234 g/mol. The quantitative estimate of drug-likeness (QED) is 0.867. The highest BCUT2D eigenvalue weighted by Gasteiger charge is 2.61. The van der Waals surface area contributed by atoms with Crippen LogP contribution < -0.4 is 4.74 Å². The summed E-state index contributed by atoms with van der Waals surface area (Å²) >= 11 is 0. The highest BCUT2D eigenvalue weighted by atomic mass is 16.5. The zero-order chi connectivity index (χ0) is 12.7. The Balaban J connectivity index is 2.19. The van der Waals surface area contributed by atoms with Gasteiger partial charge in [0.1, 0.15) is 5.75 Å². The molecule has 1 atom stereocenters. The molecule has 1 aliphatic rings. The summed E-state index contributed by atoms with van der Waals surface area (Å²) in [7, 11) is 0. The van der Waals surface area contributed by atoms with E-state index in [1.165, 1.54) is 5.56 Å². The molecule has 94 valence electrons. The Morgan fingerprint density at radius 1 is 1.24 bits per heavy atom. The lowest BCUT2D eigenvalue weighted by atomic mass is 9.89. The van der Waals surface area contributed by atoms with Crippen LogP contribution in [0, 0.1) is 5.41 Å². The zero-order valence-corrected chi connectivity index (χ0v) is 11.2. The van der Waals surface area contributed by atoms with Crippen LogP contribution in [0.25, 0.3) is 0 Å². The van der Waals surface area contributed by atoms with Crippen molar-refractivity contribution in [1.82, 2.24) is 0 Å². The fourth-order valence-electron chi connectivity index (χ4n) is 2.69. The van der Waals surface area contributed by atoms with E-state index in [1.807, 2.05) is 26.0 Å². The summed E-state index contributed by atoms with van der Waals surface area (Å²) in [6.45, 7) is 8.69. The van der Waals surface area contributed by atoms with E-state index in [0.29, 0.717) is 0 Å². The van der Waals surface area contributed by atoms with E-state index in [4.69, 9.17) is 4.74 Å². The molecule has 1 aromatic rings. The van der Waals surface area contributed by atoms with Gasteiger partial charge in [0.05, 0.1) is 12.7 Å². The topological polar surface area (TPSA) is 29.5 Å². The van der Waals surface area contributed by atoms with Gasteiger partial charge in [0.25, 0.3) is 0 Å². The van der Waals surface area contributed by atoms with Gasteiger partial charge in [-0.2, -0.15) is 0 Å². The van der Waals surface area contributed by atoms with Crippen LogP contribution in [0.15, 0.2) is 24.3 Å². The molecule has 1 aliphatic carbocycles. The van der Waals surface area contributed by atoms with E-state index >= 15 is 0 Å². The number of ether oxygens (including phenoxy) is 1. The van der Waals surface area contributed by atoms with Gasteiger partial charge >= 0.3 is 0 Å². The molecule has 1 N–H and O–H groups in total. The summed E-state index contributed by atoms with van der Waals surface area (Å²) in [6, 6.07) is 8.17. The molecule has 17 heavy (non-hydrogen) atoms. The maximum atomic E-state index is 9.63. The fraction of sp³-hybridized carbons (Fsp3) is 0.600. The molecule has 0 saturated heterocycles. The first-order chi connectivity index (χ1) is 7.91. The van der Waals surface area contributed by atoms with E-state index in [-0.39, 0.29) is 23.5 Å². The van der Waals surface area contributed by atoms with E-state index in [0.717, 1.165) is 12.2 Å². The van der Waals surface area contributed by atoms with Crippen LogP contribution in [0.4, 0.5) is 0 Å². The summed E-state index contributed by atoms with van der Waals surface area (Å²) in [6.07, 6.45) is 1.26. The highest BCUT2D eigenvalue weighted by Crippen LogP contribution is 2.63. The molecule has 1 saturated carbocycles. The van der Waals surface area contributed by atoms with Crippen molar-refractivity contribution >= 4 is 0 Å². The van der Waals surface area contributed by atoms with Crippen molar-refractivity contribution in [1.29, 1.82) is 0 Å². The molecule has 0 aliphatic heterocycles. The van der Waals surface area contributed by atoms with E-state index in [1.54, 1.807) is 0 Å². The van der Waals surface area contributed by atoms with Gasteiger partial charge in [-0.3, -0.25) is 0 Å². The van der Waals surface area contributed by atoms with Gasteiger partial charge in [-0.15, -0.1) is 0 Å². The second-order valence-electron chi connectivity index (χ2n) is 5.99. The molecule has 0 spiro atoms. The van der Waals surface area contributed by atoms with Crippen LogP contribution in [0.3, 0.4) is 0 Å². The SMILES string of the molecule is CC(C)Oc1ccc(C2(CO)CC2(C)C)cc1. The van der Waals surface area contributed by atoms with Gasteiger partial charge < -0.3 is 9.84 Å². The lowest BCUT2D eigenvalue weighted by molar-refractivity contribution is 0.230. The van der Waals surface area contributed by atoms with Crippen molar-refractivity contribution in [2.75, 3.05) is 6.61 Å². The Morgan fingerprint density at radius 3 is 2.12 bits per heavy atom. The minimum absolute atomic E-state index is 0.0383. The Kier molecular flexibility index (Phi) is 2.94. The molecule has 0 aromatic heterocycles. The normalized spacial score (nSPS) is 26.0. The Hall–Kier alpha value is -1.02. The second-order valence-corrected chi connectivity index (χ2v) is 5.99. The molecule has 0 amide bonds. The van der Waals surface area contributed by atoms with Gasteiger partial charge in [-0.25, -0.2) is 0 Å². The molecule has 1 aromatic carbocycles. The number of hydrogen-bond acceptors (Lipinski definition) is 2. The van der Waals surface area contributed by atoms with Crippen molar-refractivity contribution < 1.29 is 9.84 Å². The van der Waals surface area contributed by atoms with Crippen LogP contribution in [0.5, 0.6) is 5.75 Å². The summed E-state index contributed by atoms with van der Waals surface area (Å²) < 4.78 is 5.63. The smallest absolute Gasteiger partial charge is 0.119 e. The van der Waals surface area contributed by atoms with Crippen LogP contribution in [-0.4, -0.2) is 17.8 Å². The maximum Gasteiger partial charge on any atom is 0.119 e. The van der Waals surface area contributed by atoms with Crippen molar-refractivity contribution in [3.05, 3.63) is 29.8 Å². The lowest BCUT2D eigenvalue weighted by Crippen LogP contribution is -2.19. The van der Waals surface area contributed by atoms with Crippen molar-refractivity contribution in [2.24, 2.45) is 5.41 Å². The molecule has 1 unspecified atom stereocenters. The van der Waals surface area contributed by atoms with E-state index in [9.17, 15) is 5.11 Å². The van der Waals surface area contributed by atoms with Crippen LogP contribution in [-0.2, 0) is 5.41 Å². The minimum Gasteiger partial charge on any atom is -0.491 e. The van der Waals surface area contributed by atoms with Gasteiger partial charge in [-0.05, 0) is 43.4 Å². The Bertz CT molecular complexity index is 392. The molecule has 0 radical (unpaired) electrons. The molecule has 1 fully saturated rings. The molecule has 2 nitrogen and oxygen atoms in total. The number of benzene rings is 1. The third-order valence-electron chi connectivity index (χ3n) is 3.96. The average Bonchev–Trinajstić information content (AvgIpc) is 2.82. The number of rotatable bonds is 4. The Labute approximate surface area is 104 Å². The molecular weight excluding hydrogens is 212 g/mol. The van der Waals surface area contributed by atoms with Crippen LogP contribution >= 0.6 is 0 Å². The zero-order valence-electron chi connectivity index (χ0n) is 11.2. The van der Waals surface area contributed by atoms with Crippen molar-refractivity contribution in [3.8, 4) is 5.75 Å². The predicted octanol–water partition coefficient (Wildman–Crippen LogP) is 3.13. The third-order valence-corrected chi connectivity index (χ3v) is 3.96. The molecule has 2 heteroatoms. The van der Waals surface area contributed by atoms with Crippen molar-refractivity contribution in [3.63, 3.8) is 0 Å². The first-order valence-electron chi connectivity index (χ1n) is 6.29. The number of aliphatic hydroxyl groups is 1. The standard InChI is InChI=1S/C15H22O2/c1-11(2)17-13-7-5-12(6-8-13)15(10-16)9-14(15,3)4/h5-8,11,16H,9-10H2,1-4H3. The molecular formula is C15H22O2. The summed E-state index contributed by atoms with van der Waals surface area (Å²) in [5.74, 6) is 0.898. The highest BCUT2D eigenvalue weighted by molar-refractivity contribution is 5.40. The average molecular weight is 234 g/mol. The van der Waals surface area contributed by atoms with Gasteiger partial charge in [0.2, 0.25) is 0 Å². The van der Waals surface area contributed by atoms with Gasteiger partial charge in [0.15, 0.2) is 0 Å². The van der Waals surface area contributed by atoms with E-state index < -0.39 is 0 Å². The van der Waals surface area contributed by atoms with Crippen LogP contribution in [0.1, 0.15) is 39.7 Å². The predicted molar refractivity (Wildman–Crippen MR) is 69.4 cm³/mol. The molecule has 0 bridgehead atoms. The van der Waals surface area contributed by atoms with Crippen LogP contribution in [0.2, 0.25) is 0 Å². The second kappa shape index (κ2) is 4.02. The maximum absolute atomic E-state index is 9.63. The number of aliphatic hydroxyl groups excluding tert-OH is 1. The van der Waals surface area contributed by atoms with Crippen molar-refractivity contribution in [2.45, 2.75) is 45.6 Å². The minimum atomic E-state index is -0.0383. The first kappa shape index (κ1) is 12.4. The largest absolute Gasteiger partial charge is 0.491 e. The molecule has 2 rings (SSSR count). The Morgan fingerprint density at radius 2 is 1.76 bits per heavy atom. The molecule has 0 heterocycles.